The predicted octanol–water partition coefficient (Wildman–Crippen LogP) is 4.26. The molecule has 0 saturated carbocycles. The van der Waals surface area contributed by atoms with E-state index < -0.39 is 0 Å². The standard InChI is InChI=1S/C20H38O4Si/c1-17(2)13-21-10-7-20(16-24-25,8-11-22-14-18(3)4)9-12-23-15-19(5)6/h13-15H,7-12,16H2,1-6,25H3. The Morgan fingerprint density at radius 3 is 1.24 bits per heavy atom. The highest BCUT2D eigenvalue weighted by Crippen LogP contribution is 2.32. The Bertz CT molecular complexity index is 369. The normalized spacial score (nSPS) is 10.8. The highest BCUT2D eigenvalue weighted by Gasteiger charge is 2.30. The lowest BCUT2D eigenvalue weighted by Gasteiger charge is -2.33. The summed E-state index contributed by atoms with van der Waals surface area (Å²) in [5, 5.41) is 0. The van der Waals surface area contributed by atoms with Crippen LogP contribution in [0.3, 0.4) is 0 Å². The summed E-state index contributed by atoms with van der Waals surface area (Å²) in [4.78, 5) is 0. The monoisotopic (exact) mass is 370 g/mol. The van der Waals surface area contributed by atoms with Crippen LogP contribution >= 0.6 is 0 Å². The maximum atomic E-state index is 5.67. The Hall–Kier alpha value is -1.20. The van der Waals surface area contributed by atoms with E-state index in [0.29, 0.717) is 19.8 Å². The third-order valence-corrected chi connectivity index (χ3v) is 3.95. The van der Waals surface area contributed by atoms with E-state index in [4.69, 9.17) is 18.6 Å². The molecule has 0 atom stereocenters. The average Bonchev–Trinajstić information content (AvgIpc) is 2.52. The molecule has 0 unspecified atom stereocenters. The quantitative estimate of drug-likeness (QED) is 0.260. The zero-order valence-electron chi connectivity index (χ0n) is 17.3. The van der Waals surface area contributed by atoms with Gasteiger partial charge in [-0.1, -0.05) is 0 Å². The van der Waals surface area contributed by atoms with Crippen molar-refractivity contribution < 1.29 is 18.6 Å². The first-order valence-corrected chi connectivity index (χ1v) is 9.87. The second-order valence-corrected chi connectivity index (χ2v) is 7.96. The van der Waals surface area contributed by atoms with Crippen LogP contribution < -0.4 is 0 Å². The molecule has 0 aliphatic carbocycles. The van der Waals surface area contributed by atoms with Gasteiger partial charge in [0.15, 0.2) is 0 Å². The molecule has 0 aromatic heterocycles. The zero-order chi connectivity index (χ0) is 19.1. The maximum absolute atomic E-state index is 5.67. The van der Waals surface area contributed by atoms with Crippen molar-refractivity contribution in [1.82, 2.24) is 0 Å². The van der Waals surface area contributed by atoms with E-state index in [1.165, 1.54) is 16.7 Å². The number of allylic oxidation sites excluding steroid dienone is 3. The summed E-state index contributed by atoms with van der Waals surface area (Å²) in [5.74, 6) is 0. The van der Waals surface area contributed by atoms with Crippen LogP contribution in [0.1, 0.15) is 60.8 Å². The van der Waals surface area contributed by atoms with Gasteiger partial charge in [0.05, 0.1) is 38.6 Å². The molecule has 0 radical (unpaired) electrons. The molecule has 25 heavy (non-hydrogen) atoms. The van der Waals surface area contributed by atoms with Crippen molar-refractivity contribution in [2.75, 3.05) is 26.4 Å². The molecule has 0 heterocycles. The molecule has 4 nitrogen and oxygen atoms in total. The van der Waals surface area contributed by atoms with E-state index in [-0.39, 0.29) is 5.41 Å². The van der Waals surface area contributed by atoms with Gasteiger partial charge in [0.25, 0.3) is 0 Å². The van der Waals surface area contributed by atoms with Gasteiger partial charge in [-0.15, -0.1) is 0 Å². The topological polar surface area (TPSA) is 36.9 Å². The lowest BCUT2D eigenvalue weighted by Crippen LogP contribution is -2.31. The first-order valence-electron chi connectivity index (χ1n) is 9.05. The summed E-state index contributed by atoms with van der Waals surface area (Å²) in [6.07, 6.45) is 8.25. The van der Waals surface area contributed by atoms with E-state index in [0.717, 1.165) is 36.4 Å². The Kier molecular flexibility index (Phi) is 13.3. The first-order chi connectivity index (χ1) is 11.8. The van der Waals surface area contributed by atoms with Crippen LogP contribution in [0.5, 0.6) is 0 Å². The smallest absolute Gasteiger partial charge is 0.145 e. The number of hydrogen-bond acceptors (Lipinski definition) is 4. The van der Waals surface area contributed by atoms with Crippen LogP contribution in [-0.2, 0) is 18.6 Å². The third-order valence-electron chi connectivity index (χ3n) is 3.66. The Morgan fingerprint density at radius 1 is 0.680 bits per heavy atom. The Balaban J connectivity index is 4.79. The molecule has 0 aromatic rings. The van der Waals surface area contributed by atoms with Crippen molar-refractivity contribution in [2.45, 2.75) is 60.8 Å². The molecule has 0 bridgehead atoms. The van der Waals surface area contributed by atoms with Gasteiger partial charge in [0.1, 0.15) is 10.5 Å². The van der Waals surface area contributed by atoms with Gasteiger partial charge in [-0.05, 0) is 77.5 Å². The van der Waals surface area contributed by atoms with Crippen molar-refractivity contribution >= 4 is 10.5 Å². The lowest BCUT2D eigenvalue weighted by atomic mass is 9.79. The number of ether oxygens (including phenoxy) is 3. The summed E-state index contributed by atoms with van der Waals surface area (Å²) in [5.41, 5.74) is 3.53. The van der Waals surface area contributed by atoms with E-state index >= 15 is 0 Å². The molecule has 0 spiro atoms. The van der Waals surface area contributed by atoms with Crippen molar-refractivity contribution in [3.05, 3.63) is 35.5 Å². The van der Waals surface area contributed by atoms with Gasteiger partial charge >= 0.3 is 0 Å². The highest BCUT2D eigenvalue weighted by atomic mass is 28.2. The highest BCUT2D eigenvalue weighted by molar-refractivity contribution is 5.97. The van der Waals surface area contributed by atoms with Gasteiger partial charge < -0.3 is 18.6 Å². The summed E-state index contributed by atoms with van der Waals surface area (Å²) < 4.78 is 22.7. The average molecular weight is 371 g/mol. The SMILES string of the molecule is CC(C)=COCCC(CCOC=C(C)C)(CCOC=C(C)C)CO[SiH3]. The molecule has 0 aliphatic rings. The fourth-order valence-electron chi connectivity index (χ4n) is 2.40. The second-order valence-electron chi connectivity index (χ2n) is 7.38. The van der Waals surface area contributed by atoms with Crippen molar-refractivity contribution in [2.24, 2.45) is 5.41 Å². The van der Waals surface area contributed by atoms with Crippen LogP contribution in [0.25, 0.3) is 0 Å². The minimum absolute atomic E-state index is 0.0161. The fraction of sp³-hybridized carbons (Fsp3) is 0.700. The Morgan fingerprint density at radius 2 is 1.00 bits per heavy atom. The predicted molar refractivity (Wildman–Crippen MR) is 108 cm³/mol. The van der Waals surface area contributed by atoms with Crippen molar-refractivity contribution in [3.8, 4) is 0 Å². The molecule has 146 valence electrons. The molecule has 0 N–H and O–H groups in total. The van der Waals surface area contributed by atoms with Gasteiger partial charge in [0, 0.05) is 12.0 Å². The number of hydrogen-bond donors (Lipinski definition) is 0. The van der Waals surface area contributed by atoms with Crippen molar-refractivity contribution in [3.63, 3.8) is 0 Å². The van der Waals surface area contributed by atoms with E-state index in [9.17, 15) is 0 Å². The summed E-state index contributed by atoms with van der Waals surface area (Å²) in [6.45, 7) is 15.0. The summed E-state index contributed by atoms with van der Waals surface area (Å²) in [7, 11) is 0.732. The number of rotatable bonds is 14. The largest absolute Gasteiger partial charge is 0.501 e. The van der Waals surface area contributed by atoms with Crippen LogP contribution in [0.15, 0.2) is 35.5 Å². The molecule has 0 amide bonds. The summed E-state index contributed by atoms with van der Waals surface area (Å²) in [6, 6.07) is 0. The zero-order valence-corrected chi connectivity index (χ0v) is 19.3. The minimum Gasteiger partial charge on any atom is -0.501 e. The lowest BCUT2D eigenvalue weighted by molar-refractivity contribution is 0.0452. The van der Waals surface area contributed by atoms with Crippen LogP contribution in [-0.4, -0.2) is 36.9 Å². The second kappa shape index (κ2) is 14.0. The molecular weight excluding hydrogens is 332 g/mol. The molecule has 0 aromatic carbocycles. The third kappa shape index (κ3) is 13.7. The van der Waals surface area contributed by atoms with E-state index in [1.807, 2.05) is 60.3 Å². The van der Waals surface area contributed by atoms with Crippen LogP contribution in [0, 0.1) is 5.41 Å². The van der Waals surface area contributed by atoms with Gasteiger partial charge in [-0.2, -0.15) is 0 Å². The first kappa shape index (κ1) is 23.8. The molecule has 0 rings (SSSR count). The van der Waals surface area contributed by atoms with Gasteiger partial charge in [-0.3, -0.25) is 0 Å². The summed E-state index contributed by atoms with van der Waals surface area (Å²) >= 11 is 0. The maximum Gasteiger partial charge on any atom is 0.145 e. The van der Waals surface area contributed by atoms with Crippen LogP contribution in [0.4, 0.5) is 0 Å². The van der Waals surface area contributed by atoms with Gasteiger partial charge in [0.2, 0.25) is 0 Å². The molecular formula is C20H38O4Si. The molecule has 0 saturated heterocycles. The van der Waals surface area contributed by atoms with Crippen molar-refractivity contribution in [1.29, 1.82) is 0 Å². The minimum atomic E-state index is 0.0161. The molecule has 0 fully saturated rings. The molecule has 5 heteroatoms. The van der Waals surface area contributed by atoms with E-state index in [1.54, 1.807) is 0 Å². The van der Waals surface area contributed by atoms with Crippen LogP contribution in [0.2, 0.25) is 0 Å². The van der Waals surface area contributed by atoms with E-state index in [2.05, 4.69) is 0 Å². The Labute approximate surface area is 157 Å². The van der Waals surface area contributed by atoms with Gasteiger partial charge in [-0.25, -0.2) is 0 Å². The fourth-order valence-corrected chi connectivity index (χ4v) is 3.01. The molecule has 0 aliphatic heterocycles.